The zero-order chi connectivity index (χ0) is 20.5. The molecule has 0 aliphatic heterocycles. The van der Waals surface area contributed by atoms with E-state index in [-0.39, 0.29) is 11.9 Å². The lowest BCUT2D eigenvalue weighted by Gasteiger charge is -2.15. The molecule has 1 saturated carbocycles. The topological polar surface area (TPSA) is 73.5 Å². The third-order valence-corrected chi connectivity index (χ3v) is 5.50. The summed E-state index contributed by atoms with van der Waals surface area (Å²) in [5.41, 5.74) is 2.24. The zero-order valence-electron chi connectivity index (χ0n) is 16.7. The van der Waals surface area contributed by atoms with Crippen molar-refractivity contribution in [1.82, 2.24) is 19.2 Å². The van der Waals surface area contributed by atoms with Gasteiger partial charge in [-0.3, -0.25) is 4.79 Å². The molecule has 7 nitrogen and oxygen atoms in total. The van der Waals surface area contributed by atoms with Gasteiger partial charge in [-0.1, -0.05) is 12.1 Å². The molecule has 3 heterocycles. The van der Waals surface area contributed by atoms with Crippen LogP contribution in [-0.2, 0) is 6.61 Å². The zero-order valence-corrected chi connectivity index (χ0v) is 16.7. The standard InChI is InChI=1S/C23H23N5O2/c1-16(17-8-9-17)28-22(10-11-24-28)26-23(29)18-5-4-6-20(13-18)30-15-19-14-27-12-3-2-7-21(27)25-19/h2-7,10-14,16-17H,8-9,15H2,1H3,(H,26,29). The molecule has 0 saturated heterocycles. The van der Waals surface area contributed by atoms with E-state index in [1.54, 1.807) is 18.3 Å². The van der Waals surface area contributed by atoms with Crippen molar-refractivity contribution in [3.8, 4) is 5.75 Å². The predicted molar refractivity (Wildman–Crippen MR) is 114 cm³/mol. The van der Waals surface area contributed by atoms with Crippen LogP contribution in [0.1, 0.15) is 41.9 Å². The van der Waals surface area contributed by atoms with E-state index in [0.717, 1.165) is 17.2 Å². The van der Waals surface area contributed by atoms with E-state index in [1.165, 1.54) is 12.8 Å². The SMILES string of the molecule is CC(C1CC1)n1nccc1NC(=O)c1cccc(OCc2cn3ccccc3n2)c1. The Kier molecular flexibility index (Phi) is 4.71. The highest BCUT2D eigenvalue weighted by atomic mass is 16.5. The third kappa shape index (κ3) is 3.78. The van der Waals surface area contributed by atoms with Gasteiger partial charge in [0.25, 0.3) is 5.91 Å². The Morgan fingerprint density at radius 2 is 2.13 bits per heavy atom. The quantitative estimate of drug-likeness (QED) is 0.500. The van der Waals surface area contributed by atoms with Crippen LogP contribution in [0.3, 0.4) is 0 Å². The molecular weight excluding hydrogens is 378 g/mol. The molecule has 0 radical (unpaired) electrons. The fourth-order valence-electron chi connectivity index (χ4n) is 3.65. The van der Waals surface area contributed by atoms with Gasteiger partial charge >= 0.3 is 0 Å². The number of aromatic nitrogens is 4. The average Bonchev–Trinajstić information content (AvgIpc) is 3.37. The van der Waals surface area contributed by atoms with Gasteiger partial charge in [0.2, 0.25) is 0 Å². The fraction of sp³-hybridized carbons (Fsp3) is 0.261. The Morgan fingerprint density at radius 1 is 1.23 bits per heavy atom. The Balaban J connectivity index is 1.26. The smallest absolute Gasteiger partial charge is 0.256 e. The molecule has 152 valence electrons. The van der Waals surface area contributed by atoms with Gasteiger partial charge in [-0.05, 0) is 56.0 Å². The lowest BCUT2D eigenvalue weighted by atomic mass is 10.2. The summed E-state index contributed by atoms with van der Waals surface area (Å²) in [5.74, 6) is 1.81. The molecule has 4 aromatic rings. The van der Waals surface area contributed by atoms with Crippen LogP contribution in [0.25, 0.3) is 5.65 Å². The van der Waals surface area contributed by atoms with E-state index in [4.69, 9.17) is 4.74 Å². The number of nitrogens with one attached hydrogen (secondary N) is 1. The summed E-state index contributed by atoms with van der Waals surface area (Å²) in [6.45, 7) is 2.48. The van der Waals surface area contributed by atoms with Crippen molar-refractivity contribution in [3.63, 3.8) is 0 Å². The van der Waals surface area contributed by atoms with Crippen LogP contribution in [0.4, 0.5) is 5.82 Å². The monoisotopic (exact) mass is 401 g/mol. The Morgan fingerprint density at radius 3 is 2.97 bits per heavy atom. The third-order valence-electron chi connectivity index (χ3n) is 5.50. The molecule has 1 aromatic carbocycles. The van der Waals surface area contributed by atoms with E-state index in [0.29, 0.717) is 23.8 Å². The second kappa shape index (κ2) is 7.67. The van der Waals surface area contributed by atoms with Crippen LogP contribution in [-0.4, -0.2) is 25.1 Å². The van der Waals surface area contributed by atoms with Crippen LogP contribution >= 0.6 is 0 Å². The number of carbonyl (C=O) groups excluding carboxylic acids is 1. The molecule has 3 aromatic heterocycles. The van der Waals surface area contributed by atoms with Gasteiger partial charge in [-0.25, -0.2) is 9.67 Å². The highest BCUT2D eigenvalue weighted by molar-refractivity contribution is 6.04. The predicted octanol–water partition coefficient (Wildman–Crippen LogP) is 4.33. The maximum atomic E-state index is 12.8. The molecule has 1 fully saturated rings. The molecule has 0 spiro atoms. The summed E-state index contributed by atoms with van der Waals surface area (Å²) >= 11 is 0. The lowest BCUT2D eigenvalue weighted by Crippen LogP contribution is -2.18. The van der Waals surface area contributed by atoms with Crippen molar-refractivity contribution in [2.45, 2.75) is 32.4 Å². The van der Waals surface area contributed by atoms with Gasteiger partial charge in [0.1, 0.15) is 23.8 Å². The average molecular weight is 401 g/mol. The van der Waals surface area contributed by atoms with E-state index >= 15 is 0 Å². The summed E-state index contributed by atoms with van der Waals surface area (Å²) in [6.07, 6.45) is 8.06. The molecule has 30 heavy (non-hydrogen) atoms. The number of rotatable bonds is 7. The highest BCUT2D eigenvalue weighted by Gasteiger charge is 2.30. The minimum atomic E-state index is -0.182. The van der Waals surface area contributed by atoms with E-state index in [2.05, 4.69) is 22.3 Å². The summed E-state index contributed by atoms with van der Waals surface area (Å²) in [7, 11) is 0. The van der Waals surface area contributed by atoms with Gasteiger partial charge in [0.05, 0.1) is 17.9 Å². The fourth-order valence-corrected chi connectivity index (χ4v) is 3.65. The van der Waals surface area contributed by atoms with E-state index in [9.17, 15) is 4.79 Å². The number of carbonyl (C=O) groups is 1. The molecule has 1 N–H and O–H groups in total. The second-order valence-electron chi connectivity index (χ2n) is 7.71. The van der Waals surface area contributed by atoms with E-state index < -0.39 is 0 Å². The summed E-state index contributed by atoms with van der Waals surface area (Å²) in [4.78, 5) is 17.3. The second-order valence-corrected chi connectivity index (χ2v) is 7.71. The number of imidazole rings is 1. The summed E-state index contributed by atoms with van der Waals surface area (Å²) in [6, 6.07) is 15.2. The number of amides is 1. The first-order valence-electron chi connectivity index (χ1n) is 10.2. The van der Waals surface area contributed by atoms with Crippen LogP contribution in [0.2, 0.25) is 0 Å². The largest absolute Gasteiger partial charge is 0.487 e. The summed E-state index contributed by atoms with van der Waals surface area (Å²) in [5, 5.41) is 7.37. The van der Waals surface area contributed by atoms with Crippen LogP contribution < -0.4 is 10.1 Å². The van der Waals surface area contributed by atoms with Crippen LogP contribution in [0, 0.1) is 5.92 Å². The van der Waals surface area contributed by atoms with Crippen molar-refractivity contribution in [1.29, 1.82) is 0 Å². The lowest BCUT2D eigenvalue weighted by molar-refractivity contribution is 0.102. The van der Waals surface area contributed by atoms with Crippen LogP contribution in [0.5, 0.6) is 5.75 Å². The number of hydrogen-bond acceptors (Lipinski definition) is 4. The molecule has 0 bridgehead atoms. The molecule has 1 aliphatic carbocycles. The molecule has 7 heteroatoms. The van der Waals surface area contributed by atoms with Crippen molar-refractivity contribution >= 4 is 17.4 Å². The molecule has 1 amide bonds. The Labute approximate surface area is 174 Å². The number of pyridine rings is 1. The number of ether oxygens (including phenoxy) is 1. The number of benzene rings is 1. The van der Waals surface area contributed by atoms with Crippen LogP contribution in [0.15, 0.2) is 67.1 Å². The molecular formula is C23H23N5O2. The van der Waals surface area contributed by atoms with Gasteiger partial charge in [0.15, 0.2) is 0 Å². The summed E-state index contributed by atoms with van der Waals surface area (Å²) < 4.78 is 9.73. The van der Waals surface area contributed by atoms with Gasteiger partial charge in [-0.2, -0.15) is 5.10 Å². The maximum Gasteiger partial charge on any atom is 0.256 e. The van der Waals surface area contributed by atoms with Crippen molar-refractivity contribution in [2.75, 3.05) is 5.32 Å². The van der Waals surface area contributed by atoms with Gasteiger partial charge in [0, 0.05) is 24.0 Å². The van der Waals surface area contributed by atoms with E-state index in [1.807, 2.05) is 57.9 Å². The minimum Gasteiger partial charge on any atom is -0.487 e. The normalized spacial score (nSPS) is 14.6. The number of anilines is 1. The first-order chi connectivity index (χ1) is 14.7. The minimum absolute atomic E-state index is 0.182. The molecule has 1 unspecified atom stereocenters. The van der Waals surface area contributed by atoms with Gasteiger partial charge in [-0.15, -0.1) is 0 Å². The first kappa shape index (κ1) is 18.4. The van der Waals surface area contributed by atoms with Gasteiger partial charge < -0.3 is 14.5 Å². The first-order valence-corrected chi connectivity index (χ1v) is 10.2. The van der Waals surface area contributed by atoms with Crippen molar-refractivity contribution in [3.05, 3.63) is 78.4 Å². The number of fused-ring (bicyclic) bond motifs is 1. The number of hydrogen-bond donors (Lipinski definition) is 1. The Bertz CT molecular complexity index is 1160. The molecule has 5 rings (SSSR count). The van der Waals surface area contributed by atoms with Crippen molar-refractivity contribution in [2.24, 2.45) is 5.92 Å². The Hall–Kier alpha value is -3.61. The van der Waals surface area contributed by atoms with Crippen molar-refractivity contribution < 1.29 is 9.53 Å². The number of nitrogens with zero attached hydrogens (tertiary/aromatic N) is 4. The maximum absolute atomic E-state index is 12.8. The molecule has 1 aliphatic rings. The highest BCUT2D eigenvalue weighted by Crippen LogP contribution is 2.40. The molecule has 1 atom stereocenters.